The van der Waals surface area contributed by atoms with Gasteiger partial charge in [-0.05, 0) is 38.0 Å². The third kappa shape index (κ3) is 6.78. The molecule has 1 atom stereocenters. The molecule has 0 aliphatic carbocycles. The Bertz CT molecular complexity index is 973. The van der Waals surface area contributed by atoms with Crippen LogP contribution in [0.5, 0.6) is 0 Å². The minimum atomic E-state index is -0.605. The van der Waals surface area contributed by atoms with Gasteiger partial charge in [-0.3, -0.25) is 0 Å². The lowest BCUT2D eigenvalue weighted by Crippen LogP contribution is -2.36. The molecule has 0 aliphatic rings. The average molecular weight is 446 g/mol. The van der Waals surface area contributed by atoms with Crippen LogP contribution in [-0.2, 0) is 16.9 Å². The predicted octanol–water partition coefficient (Wildman–Crippen LogP) is 5.82. The molecule has 0 aliphatic heterocycles. The van der Waals surface area contributed by atoms with E-state index in [1.165, 1.54) is 11.8 Å². The summed E-state index contributed by atoms with van der Waals surface area (Å²) >= 11 is 7.60. The highest BCUT2D eigenvalue weighted by molar-refractivity contribution is 7.98. The van der Waals surface area contributed by atoms with Gasteiger partial charge in [-0.15, -0.1) is 10.2 Å². The van der Waals surface area contributed by atoms with Crippen LogP contribution < -0.4 is 5.32 Å². The number of nitrogens with zero attached hydrogens (tertiary/aromatic N) is 2. The summed E-state index contributed by atoms with van der Waals surface area (Å²) in [5.41, 5.74) is 1.41. The molecule has 3 aromatic rings. The molecule has 1 N–H and O–H groups in total. The normalized spacial score (nSPS) is 12.4. The van der Waals surface area contributed by atoms with Gasteiger partial charge in [-0.1, -0.05) is 71.9 Å². The minimum absolute atomic E-state index is 0.325. The van der Waals surface area contributed by atoms with Crippen molar-refractivity contribution in [2.24, 2.45) is 0 Å². The van der Waals surface area contributed by atoms with Gasteiger partial charge in [0.15, 0.2) is 0 Å². The van der Waals surface area contributed by atoms with Crippen molar-refractivity contribution in [3.63, 3.8) is 0 Å². The van der Waals surface area contributed by atoms with Gasteiger partial charge >= 0.3 is 6.09 Å². The van der Waals surface area contributed by atoms with Gasteiger partial charge in [0.2, 0.25) is 5.89 Å². The van der Waals surface area contributed by atoms with Crippen molar-refractivity contribution in [1.82, 2.24) is 15.5 Å². The van der Waals surface area contributed by atoms with Crippen LogP contribution in [0.4, 0.5) is 4.79 Å². The van der Waals surface area contributed by atoms with E-state index in [4.69, 9.17) is 20.8 Å². The van der Waals surface area contributed by atoms with Gasteiger partial charge in [0.25, 0.3) is 5.22 Å². The van der Waals surface area contributed by atoms with E-state index in [9.17, 15) is 4.79 Å². The first-order valence-electron chi connectivity index (χ1n) is 9.53. The topological polar surface area (TPSA) is 77.2 Å². The fourth-order valence-electron chi connectivity index (χ4n) is 2.67. The van der Waals surface area contributed by atoms with E-state index >= 15 is 0 Å². The summed E-state index contributed by atoms with van der Waals surface area (Å²) in [7, 11) is 0. The third-order valence-electron chi connectivity index (χ3n) is 4.00. The zero-order valence-corrected chi connectivity index (χ0v) is 18.7. The summed E-state index contributed by atoms with van der Waals surface area (Å²) in [6, 6.07) is 16.9. The summed E-state index contributed by atoms with van der Waals surface area (Å²) in [5, 5.41) is 12.2. The number of halogens is 1. The van der Waals surface area contributed by atoms with Crippen molar-refractivity contribution >= 4 is 29.5 Å². The number of carbonyl (C=O) groups excluding carboxylic acids is 1. The second-order valence-electron chi connectivity index (χ2n) is 7.67. The summed E-state index contributed by atoms with van der Waals surface area (Å²) in [5.74, 6) is 0.927. The predicted molar refractivity (Wildman–Crippen MR) is 118 cm³/mol. The van der Waals surface area contributed by atoms with Crippen LogP contribution in [0.3, 0.4) is 0 Å². The Labute approximate surface area is 185 Å². The van der Waals surface area contributed by atoms with Crippen molar-refractivity contribution in [3.8, 4) is 0 Å². The maximum absolute atomic E-state index is 12.3. The number of thioether (sulfide) groups is 1. The zero-order valence-electron chi connectivity index (χ0n) is 17.1. The van der Waals surface area contributed by atoms with Crippen LogP contribution in [0.25, 0.3) is 0 Å². The summed E-state index contributed by atoms with van der Waals surface area (Å²) in [4.78, 5) is 12.3. The van der Waals surface area contributed by atoms with Gasteiger partial charge in [-0.25, -0.2) is 4.79 Å². The second kappa shape index (κ2) is 10.00. The van der Waals surface area contributed by atoms with Crippen molar-refractivity contribution < 1.29 is 13.9 Å². The Balaban J connectivity index is 1.72. The fourth-order valence-corrected chi connectivity index (χ4v) is 3.73. The van der Waals surface area contributed by atoms with Crippen molar-refractivity contribution in [2.75, 3.05) is 0 Å². The van der Waals surface area contributed by atoms with Gasteiger partial charge in [-0.2, -0.15) is 0 Å². The molecule has 1 amide bonds. The van der Waals surface area contributed by atoms with Crippen molar-refractivity contribution in [2.45, 2.75) is 49.8 Å². The molecular formula is C22H24ClN3O3S. The molecular weight excluding hydrogens is 422 g/mol. The molecule has 8 heteroatoms. The first kappa shape index (κ1) is 22.2. The molecule has 0 unspecified atom stereocenters. The standard InChI is InChI=1S/C22H24ClN3O3S/c1-22(2,3)29-20(27)24-18(13-15-9-5-4-6-10-15)19-25-26-21(28-19)30-14-16-11-7-8-12-17(16)23/h4-12,18H,13-14H2,1-3H3,(H,24,27)/t18-/m1/s1. The van der Waals surface area contributed by atoms with Crippen LogP contribution in [0, 0.1) is 0 Å². The number of hydrogen-bond donors (Lipinski definition) is 1. The van der Waals surface area contributed by atoms with Crippen LogP contribution in [0.15, 0.2) is 64.2 Å². The van der Waals surface area contributed by atoms with Crippen LogP contribution in [0.2, 0.25) is 5.02 Å². The Kier molecular flexibility index (Phi) is 7.39. The molecule has 3 rings (SSSR count). The largest absolute Gasteiger partial charge is 0.444 e. The van der Waals surface area contributed by atoms with Gasteiger partial charge in [0.05, 0.1) is 0 Å². The minimum Gasteiger partial charge on any atom is -0.444 e. The Hall–Kier alpha value is -2.51. The lowest BCUT2D eigenvalue weighted by molar-refractivity contribution is 0.0494. The Morgan fingerprint density at radius 1 is 1.13 bits per heavy atom. The molecule has 0 spiro atoms. The quantitative estimate of drug-likeness (QED) is 0.461. The van der Waals surface area contributed by atoms with Gasteiger partial charge < -0.3 is 14.5 Å². The van der Waals surface area contributed by atoms with Crippen molar-refractivity contribution in [3.05, 3.63) is 76.6 Å². The van der Waals surface area contributed by atoms with E-state index in [-0.39, 0.29) is 0 Å². The maximum atomic E-state index is 12.3. The number of nitrogens with one attached hydrogen (secondary N) is 1. The zero-order chi connectivity index (χ0) is 21.6. The van der Waals surface area contributed by atoms with E-state index in [0.717, 1.165) is 11.1 Å². The fraction of sp³-hybridized carbons (Fsp3) is 0.318. The van der Waals surface area contributed by atoms with E-state index in [1.54, 1.807) is 0 Å². The maximum Gasteiger partial charge on any atom is 0.408 e. The number of alkyl carbamates (subject to hydrolysis) is 1. The first-order chi connectivity index (χ1) is 14.3. The van der Waals surface area contributed by atoms with E-state index < -0.39 is 17.7 Å². The highest BCUT2D eigenvalue weighted by atomic mass is 35.5. The number of carbonyl (C=O) groups is 1. The highest BCUT2D eigenvalue weighted by Gasteiger charge is 2.25. The average Bonchev–Trinajstić information content (AvgIpc) is 3.15. The number of aromatic nitrogens is 2. The SMILES string of the molecule is CC(C)(C)OC(=O)N[C@H](Cc1ccccc1)c1nnc(SCc2ccccc2Cl)o1. The Morgan fingerprint density at radius 2 is 1.83 bits per heavy atom. The van der Waals surface area contributed by atoms with E-state index in [2.05, 4.69) is 15.5 Å². The number of rotatable bonds is 7. The lowest BCUT2D eigenvalue weighted by Gasteiger charge is -2.22. The smallest absolute Gasteiger partial charge is 0.408 e. The number of hydrogen-bond acceptors (Lipinski definition) is 6. The molecule has 158 valence electrons. The molecule has 1 heterocycles. The second-order valence-corrected chi connectivity index (χ2v) is 9.01. The summed E-state index contributed by atoms with van der Waals surface area (Å²) in [6.45, 7) is 5.44. The molecule has 2 aromatic carbocycles. The number of amides is 1. The summed E-state index contributed by atoms with van der Waals surface area (Å²) in [6.07, 6.45) is -0.0384. The van der Waals surface area contributed by atoms with E-state index in [0.29, 0.717) is 28.3 Å². The molecule has 1 aromatic heterocycles. The number of ether oxygens (including phenoxy) is 1. The molecule has 0 saturated heterocycles. The molecule has 0 saturated carbocycles. The lowest BCUT2D eigenvalue weighted by atomic mass is 10.1. The third-order valence-corrected chi connectivity index (χ3v) is 5.24. The molecule has 0 bridgehead atoms. The van der Waals surface area contributed by atoms with Crippen LogP contribution in [0.1, 0.15) is 43.8 Å². The van der Waals surface area contributed by atoms with Crippen molar-refractivity contribution in [1.29, 1.82) is 0 Å². The van der Waals surface area contributed by atoms with Crippen LogP contribution >= 0.6 is 23.4 Å². The van der Waals surface area contributed by atoms with Gasteiger partial charge in [0.1, 0.15) is 11.6 Å². The van der Waals surface area contributed by atoms with E-state index in [1.807, 2.05) is 75.4 Å². The first-order valence-corrected chi connectivity index (χ1v) is 10.9. The van der Waals surface area contributed by atoms with Gasteiger partial charge in [0, 0.05) is 17.2 Å². The molecule has 6 nitrogen and oxygen atoms in total. The molecule has 0 radical (unpaired) electrons. The molecule has 0 fully saturated rings. The highest BCUT2D eigenvalue weighted by Crippen LogP contribution is 2.27. The van der Waals surface area contributed by atoms with Crippen LogP contribution in [-0.4, -0.2) is 21.9 Å². The monoisotopic (exact) mass is 445 g/mol. The molecule has 30 heavy (non-hydrogen) atoms. The Morgan fingerprint density at radius 3 is 2.53 bits per heavy atom. The summed E-state index contributed by atoms with van der Waals surface area (Å²) < 4.78 is 11.2. The number of benzene rings is 2.